The second kappa shape index (κ2) is 7.17. The molecule has 0 saturated heterocycles. The Bertz CT molecular complexity index is 716. The molecule has 6 heteroatoms. The lowest BCUT2D eigenvalue weighted by atomic mass is 10.1. The van der Waals surface area contributed by atoms with Gasteiger partial charge in [-0.3, -0.25) is 9.00 Å². The van der Waals surface area contributed by atoms with Crippen molar-refractivity contribution in [2.45, 2.75) is 12.7 Å². The fourth-order valence-corrected chi connectivity index (χ4v) is 2.86. The van der Waals surface area contributed by atoms with Crippen LogP contribution in [0.3, 0.4) is 0 Å². The molecule has 22 heavy (non-hydrogen) atoms. The number of benzene rings is 1. The molecule has 1 aromatic carbocycles. The van der Waals surface area contributed by atoms with Crippen LogP contribution in [0.25, 0.3) is 0 Å². The number of carbonyl (C=O) groups excluding carboxylic acids is 1. The van der Waals surface area contributed by atoms with Crippen molar-refractivity contribution in [1.29, 1.82) is 0 Å². The van der Waals surface area contributed by atoms with Crippen LogP contribution in [-0.2, 0) is 16.6 Å². The lowest BCUT2D eigenvalue weighted by Crippen LogP contribution is -2.15. The first-order valence-corrected chi connectivity index (χ1v) is 8.44. The summed E-state index contributed by atoms with van der Waals surface area (Å²) in [5.74, 6) is 0.456. The third-order valence-electron chi connectivity index (χ3n) is 3.26. The van der Waals surface area contributed by atoms with E-state index < -0.39 is 10.8 Å². The van der Waals surface area contributed by atoms with Crippen LogP contribution in [0.4, 0.5) is 5.69 Å². The third kappa shape index (κ3) is 3.71. The number of rotatable bonds is 5. The molecule has 1 unspecified atom stereocenters. The minimum Gasteiger partial charge on any atom is -0.480 e. The first kappa shape index (κ1) is 16.2. The summed E-state index contributed by atoms with van der Waals surface area (Å²) >= 11 is 0. The molecule has 1 N–H and O–H groups in total. The summed E-state index contributed by atoms with van der Waals surface area (Å²) in [5, 5.41) is 2.86. The number of anilines is 1. The zero-order valence-corrected chi connectivity index (χ0v) is 13.6. The molecule has 0 radical (unpaired) electrons. The highest BCUT2D eigenvalue weighted by Crippen LogP contribution is 2.22. The van der Waals surface area contributed by atoms with E-state index in [4.69, 9.17) is 4.74 Å². The molecule has 0 bridgehead atoms. The number of nitrogens with zero attached hydrogens (tertiary/aromatic N) is 1. The molecule has 0 aliphatic heterocycles. The summed E-state index contributed by atoms with van der Waals surface area (Å²) in [5.41, 5.74) is 2.93. The predicted molar refractivity (Wildman–Crippen MR) is 87.7 cm³/mol. The van der Waals surface area contributed by atoms with Crippen LogP contribution in [-0.4, -0.2) is 28.5 Å². The van der Waals surface area contributed by atoms with E-state index in [2.05, 4.69) is 10.3 Å². The summed E-state index contributed by atoms with van der Waals surface area (Å²) in [4.78, 5) is 16.4. The van der Waals surface area contributed by atoms with Crippen molar-refractivity contribution >= 4 is 22.4 Å². The predicted octanol–water partition coefficient (Wildman–Crippen LogP) is 2.53. The SMILES string of the molecule is COc1ncccc1C(=O)Nc1cccc(CS(C)=O)c1C. The number of aromatic nitrogens is 1. The number of ether oxygens (including phenoxy) is 1. The quantitative estimate of drug-likeness (QED) is 0.920. The van der Waals surface area contributed by atoms with Gasteiger partial charge in [0.2, 0.25) is 5.88 Å². The van der Waals surface area contributed by atoms with Crippen molar-refractivity contribution in [3.63, 3.8) is 0 Å². The van der Waals surface area contributed by atoms with E-state index in [1.807, 2.05) is 25.1 Å². The van der Waals surface area contributed by atoms with Crippen LogP contribution < -0.4 is 10.1 Å². The van der Waals surface area contributed by atoms with Crippen molar-refractivity contribution < 1.29 is 13.7 Å². The number of pyridine rings is 1. The van der Waals surface area contributed by atoms with E-state index in [1.165, 1.54) is 7.11 Å². The minimum absolute atomic E-state index is 0.281. The van der Waals surface area contributed by atoms with Gasteiger partial charge in [0.25, 0.3) is 5.91 Å². The average Bonchev–Trinajstić information content (AvgIpc) is 2.50. The molecule has 5 nitrogen and oxygen atoms in total. The number of amides is 1. The lowest BCUT2D eigenvalue weighted by molar-refractivity contribution is 0.102. The minimum atomic E-state index is -0.932. The smallest absolute Gasteiger partial charge is 0.261 e. The van der Waals surface area contributed by atoms with Crippen LogP contribution in [0, 0.1) is 6.92 Å². The Labute approximate surface area is 132 Å². The second-order valence-electron chi connectivity index (χ2n) is 4.82. The summed E-state index contributed by atoms with van der Waals surface area (Å²) in [7, 11) is 0.542. The second-order valence-corrected chi connectivity index (χ2v) is 6.26. The van der Waals surface area contributed by atoms with Gasteiger partial charge in [0, 0.05) is 34.7 Å². The number of methoxy groups -OCH3 is 1. The Hall–Kier alpha value is -2.21. The van der Waals surface area contributed by atoms with Gasteiger partial charge in [-0.1, -0.05) is 12.1 Å². The molecular formula is C16H18N2O3S. The largest absolute Gasteiger partial charge is 0.480 e. The van der Waals surface area contributed by atoms with E-state index in [-0.39, 0.29) is 11.8 Å². The molecule has 1 amide bonds. The zero-order chi connectivity index (χ0) is 16.1. The molecule has 1 aromatic heterocycles. The van der Waals surface area contributed by atoms with Gasteiger partial charge in [0.1, 0.15) is 5.56 Å². The van der Waals surface area contributed by atoms with Gasteiger partial charge in [-0.25, -0.2) is 4.98 Å². The first-order valence-electron chi connectivity index (χ1n) is 6.71. The maximum atomic E-state index is 12.4. The van der Waals surface area contributed by atoms with E-state index >= 15 is 0 Å². The van der Waals surface area contributed by atoms with Crippen LogP contribution in [0.2, 0.25) is 0 Å². The van der Waals surface area contributed by atoms with E-state index in [0.717, 1.165) is 11.1 Å². The van der Waals surface area contributed by atoms with Gasteiger partial charge in [-0.2, -0.15) is 0 Å². The van der Waals surface area contributed by atoms with E-state index in [0.29, 0.717) is 17.0 Å². The monoisotopic (exact) mass is 318 g/mol. The highest BCUT2D eigenvalue weighted by molar-refractivity contribution is 7.83. The molecular weight excluding hydrogens is 300 g/mol. The fraction of sp³-hybridized carbons (Fsp3) is 0.250. The Morgan fingerprint density at radius 3 is 2.77 bits per heavy atom. The molecule has 0 aliphatic rings. The molecule has 1 heterocycles. The van der Waals surface area contributed by atoms with Crippen molar-refractivity contribution in [3.8, 4) is 5.88 Å². The van der Waals surface area contributed by atoms with Crippen LogP contribution in [0.15, 0.2) is 36.5 Å². The molecule has 1 atom stereocenters. The van der Waals surface area contributed by atoms with Gasteiger partial charge in [-0.05, 0) is 36.2 Å². The van der Waals surface area contributed by atoms with E-state index in [9.17, 15) is 9.00 Å². The Balaban J connectivity index is 2.27. The molecule has 116 valence electrons. The molecule has 0 saturated carbocycles. The Morgan fingerprint density at radius 1 is 1.32 bits per heavy atom. The van der Waals surface area contributed by atoms with Gasteiger partial charge < -0.3 is 10.1 Å². The number of nitrogens with one attached hydrogen (secondary N) is 1. The van der Waals surface area contributed by atoms with Crippen molar-refractivity contribution in [2.24, 2.45) is 0 Å². The van der Waals surface area contributed by atoms with E-state index in [1.54, 1.807) is 24.6 Å². The maximum Gasteiger partial charge on any atom is 0.261 e. The summed E-state index contributed by atoms with van der Waals surface area (Å²) < 4.78 is 16.5. The number of carbonyl (C=O) groups is 1. The van der Waals surface area contributed by atoms with Crippen molar-refractivity contribution in [1.82, 2.24) is 4.98 Å². The van der Waals surface area contributed by atoms with Crippen molar-refractivity contribution in [3.05, 3.63) is 53.2 Å². The molecule has 0 spiro atoms. The summed E-state index contributed by atoms with van der Waals surface area (Å²) in [6.07, 6.45) is 3.23. The summed E-state index contributed by atoms with van der Waals surface area (Å²) in [6, 6.07) is 8.91. The highest BCUT2D eigenvalue weighted by atomic mass is 32.2. The molecule has 0 aliphatic carbocycles. The molecule has 2 rings (SSSR count). The highest BCUT2D eigenvalue weighted by Gasteiger charge is 2.14. The number of hydrogen-bond acceptors (Lipinski definition) is 4. The Kier molecular flexibility index (Phi) is 5.27. The normalized spacial score (nSPS) is 11.8. The Morgan fingerprint density at radius 2 is 2.09 bits per heavy atom. The van der Waals surface area contributed by atoms with Crippen LogP contribution in [0.5, 0.6) is 5.88 Å². The molecule has 2 aromatic rings. The van der Waals surface area contributed by atoms with Gasteiger partial charge in [0.15, 0.2) is 0 Å². The topological polar surface area (TPSA) is 68.3 Å². The van der Waals surface area contributed by atoms with Crippen LogP contribution in [0.1, 0.15) is 21.5 Å². The standard InChI is InChI=1S/C16H18N2O3S/c1-11-12(10-22(3)20)6-4-8-14(11)18-15(19)13-7-5-9-17-16(13)21-2/h4-9H,10H2,1-3H3,(H,18,19). The van der Waals surface area contributed by atoms with Crippen LogP contribution >= 0.6 is 0 Å². The lowest BCUT2D eigenvalue weighted by Gasteiger charge is -2.13. The van der Waals surface area contributed by atoms with Gasteiger partial charge in [0.05, 0.1) is 7.11 Å². The third-order valence-corrected chi connectivity index (χ3v) is 3.98. The maximum absolute atomic E-state index is 12.4. The van der Waals surface area contributed by atoms with Gasteiger partial charge in [-0.15, -0.1) is 0 Å². The number of hydrogen-bond donors (Lipinski definition) is 1. The fourth-order valence-electron chi connectivity index (χ4n) is 2.11. The summed E-state index contributed by atoms with van der Waals surface area (Å²) in [6.45, 7) is 1.90. The van der Waals surface area contributed by atoms with Gasteiger partial charge >= 0.3 is 0 Å². The first-order chi connectivity index (χ1) is 10.5. The average molecular weight is 318 g/mol. The zero-order valence-electron chi connectivity index (χ0n) is 12.8. The molecule has 0 fully saturated rings. The van der Waals surface area contributed by atoms with Crippen molar-refractivity contribution in [2.75, 3.05) is 18.7 Å².